The van der Waals surface area contributed by atoms with Crippen LogP contribution in [0.5, 0.6) is 0 Å². The maximum atomic E-state index is 12.9. The van der Waals surface area contributed by atoms with Crippen LogP contribution in [-0.2, 0) is 28.6 Å². The molecule has 0 fully saturated rings. The van der Waals surface area contributed by atoms with E-state index in [4.69, 9.17) is 14.2 Å². The number of hydrogen-bond acceptors (Lipinski definition) is 6. The molecule has 0 saturated heterocycles. The molecule has 83 heavy (non-hydrogen) atoms. The van der Waals surface area contributed by atoms with Gasteiger partial charge in [0.25, 0.3) is 0 Å². The van der Waals surface area contributed by atoms with E-state index in [1.807, 2.05) is 0 Å². The Morgan fingerprint density at radius 3 is 0.711 bits per heavy atom. The third-order valence-corrected chi connectivity index (χ3v) is 17.1. The van der Waals surface area contributed by atoms with Crippen molar-refractivity contribution in [3.05, 3.63) is 36.5 Å². The summed E-state index contributed by atoms with van der Waals surface area (Å²) in [5.41, 5.74) is 0. The highest BCUT2D eigenvalue weighted by Crippen LogP contribution is 2.19. The van der Waals surface area contributed by atoms with Crippen LogP contribution in [0.2, 0.25) is 0 Å². The minimum Gasteiger partial charge on any atom is -0.462 e. The van der Waals surface area contributed by atoms with Crippen LogP contribution in [0.4, 0.5) is 0 Å². The lowest BCUT2D eigenvalue weighted by Gasteiger charge is -2.18. The topological polar surface area (TPSA) is 78.9 Å². The molecule has 0 spiro atoms. The molecule has 0 aromatic rings. The smallest absolute Gasteiger partial charge is 0.306 e. The van der Waals surface area contributed by atoms with Crippen LogP contribution in [0, 0.1) is 0 Å². The first-order valence-electron chi connectivity index (χ1n) is 37.5. The summed E-state index contributed by atoms with van der Waals surface area (Å²) < 4.78 is 17.0. The molecule has 0 aliphatic rings. The van der Waals surface area contributed by atoms with Gasteiger partial charge < -0.3 is 14.2 Å². The Morgan fingerprint density at radius 1 is 0.241 bits per heavy atom. The molecule has 6 heteroatoms. The van der Waals surface area contributed by atoms with Crippen molar-refractivity contribution < 1.29 is 28.6 Å². The van der Waals surface area contributed by atoms with Crippen molar-refractivity contribution in [2.75, 3.05) is 13.2 Å². The van der Waals surface area contributed by atoms with Crippen molar-refractivity contribution in [2.24, 2.45) is 0 Å². The van der Waals surface area contributed by atoms with Gasteiger partial charge in [-0.3, -0.25) is 14.4 Å². The molecule has 0 aliphatic carbocycles. The average Bonchev–Trinajstić information content (AvgIpc) is 3.50. The predicted octanol–water partition coefficient (Wildman–Crippen LogP) is 25.9. The molecule has 0 aromatic heterocycles. The van der Waals surface area contributed by atoms with Gasteiger partial charge >= 0.3 is 17.9 Å². The van der Waals surface area contributed by atoms with E-state index in [0.29, 0.717) is 19.3 Å². The number of esters is 3. The highest BCUT2D eigenvalue weighted by molar-refractivity contribution is 5.71. The fourth-order valence-corrected chi connectivity index (χ4v) is 11.5. The van der Waals surface area contributed by atoms with Gasteiger partial charge in [-0.25, -0.2) is 0 Å². The molecule has 0 aliphatic heterocycles. The lowest BCUT2D eigenvalue weighted by molar-refractivity contribution is -0.167. The number of hydrogen-bond donors (Lipinski definition) is 0. The first kappa shape index (κ1) is 80.6. The molecule has 0 aromatic carbocycles. The molecular weight excluding hydrogens is 1020 g/mol. The zero-order valence-electron chi connectivity index (χ0n) is 56.2. The Bertz CT molecular complexity index is 1380. The quantitative estimate of drug-likeness (QED) is 0.0261. The summed E-state index contributed by atoms with van der Waals surface area (Å²) in [5, 5.41) is 0. The van der Waals surface area contributed by atoms with Gasteiger partial charge in [0.2, 0.25) is 0 Å². The summed E-state index contributed by atoms with van der Waals surface area (Å²) in [6.07, 6.45) is 90.6. The van der Waals surface area contributed by atoms with Crippen LogP contribution < -0.4 is 0 Å². The number of unbranched alkanes of at least 4 members (excludes halogenated alkanes) is 53. The largest absolute Gasteiger partial charge is 0.462 e. The molecule has 6 nitrogen and oxygen atoms in total. The van der Waals surface area contributed by atoms with Crippen LogP contribution in [0.3, 0.4) is 0 Å². The standard InChI is InChI=1S/C77H144O6/c1-4-7-10-13-16-19-22-25-28-30-32-33-34-35-36-37-38-39-40-41-42-43-44-45-46-48-49-52-55-58-61-64-67-70-76(79)82-73-74(72-81-75(78)69-66-63-60-57-54-51-27-24-21-18-15-12-9-6-3)83-77(80)71-68-65-62-59-56-53-50-47-31-29-26-23-20-17-14-11-8-5-2/h15,18,24,27,29,31,74H,4-14,16-17,19-23,25-26,28,30,32-73H2,1-3H3/b18-15-,27-24-,31-29-. The first-order valence-corrected chi connectivity index (χ1v) is 37.5. The number of allylic oxidation sites excluding steroid dienone is 6. The van der Waals surface area contributed by atoms with Gasteiger partial charge in [0.1, 0.15) is 13.2 Å². The summed E-state index contributed by atoms with van der Waals surface area (Å²) in [6, 6.07) is 0. The van der Waals surface area contributed by atoms with Crippen molar-refractivity contribution >= 4 is 17.9 Å². The van der Waals surface area contributed by atoms with Crippen LogP contribution in [0.1, 0.15) is 419 Å². The van der Waals surface area contributed by atoms with Crippen molar-refractivity contribution in [2.45, 2.75) is 425 Å². The summed E-state index contributed by atoms with van der Waals surface area (Å²) in [7, 11) is 0. The van der Waals surface area contributed by atoms with E-state index < -0.39 is 6.10 Å². The monoisotopic (exact) mass is 1170 g/mol. The van der Waals surface area contributed by atoms with E-state index >= 15 is 0 Å². The zero-order chi connectivity index (χ0) is 59.9. The molecule has 0 N–H and O–H groups in total. The highest BCUT2D eigenvalue weighted by atomic mass is 16.6. The average molecular weight is 1170 g/mol. The van der Waals surface area contributed by atoms with Crippen LogP contribution in [-0.4, -0.2) is 37.2 Å². The van der Waals surface area contributed by atoms with E-state index in [1.54, 1.807) is 0 Å². The van der Waals surface area contributed by atoms with Gasteiger partial charge in [0, 0.05) is 19.3 Å². The molecule has 0 rings (SSSR count). The van der Waals surface area contributed by atoms with Crippen molar-refractivity contribution in [3.8, 4) is 0 Å². The third-order valence-electron chi connectivity index (χ3n) is 17.1. The second-order valence-electron chi connectivity index (χ2n) is 25.6. The molecule has 1 atom stereocenters. The first-order chi connectivity index (χ1) is 41.0. The lowest BCUT2D eigenvalue weighted by atomic mass is 10.0. The Hall–Kier alpha value is -2.37. The molecule has 1 unspecified atom stereocenters. The summed E-state index contributed by atoms with van der Waals surface area (Å²) in [6.45, 7) is 6.66. The van der Waals surface area contributed by atoms with Crippen molar-refractivity contribution in [1.82, 2.24) is 0 Å². The van der Waals surface area contributed by atoms with Gasteiger partial charge in [0.05, 0.1) is 0 Å². The normalized spacial score (nSPS) is 12.2. The minimum atomic E-state index is -0.780. The Kier molecular flexibility index (Phi) is 70.0. The fraction of sp³-hybridized carbons (Fsp3) is 0.883. The van der Waals surface area contributed by atoms with Crippen LogP contribution in [0.25, 0.3) is 0 Å². The number of carbonyl (C=O) groups excluding carboxylic acids is 3. The molecule has 488 valence electrons. The van der Waals surface area contributed by atoms with Gasteiger partial charge in [-0.1, -0.05) is 365 Å². The number of rotatable bonds is 70. The fourth-order valence-electron chi connectivity index (χ4n) is 11.5. The lowest BCUT2D eigenvalue weighted by Crippen LogP contribution is -2.30. The van der Waals surface area contributed by atoms with Crippen molar-refractivity contribution in [3.63, 3.8) is 0 Å². The van der Waals surface area contributed by atoms with Gasteiger partial charge in [-0.05, 0) is 70.6 Å². The molecular formula is C77H144O6. The maximum absolute atomic E-state index is 12.9. The second kappa shape index (κ2) is 72.1. The van der Waals surface area contributed by atoms with Gasteiger partial charge in [-0.15, -0.1) is 0 Å². The van der Waals surface area contributed by atoms with E-state index in [9.17, 15) is 14.4 Å². The van der Waals surface area contributed by atoms with Crippen LogP contribution >= 0.6 is 0 Å². The Balaban J connectivity index is 4.12. The second-order valence-corrected chi connectivity index (χ2v) is 25.6. The molecule has 0 heterocycles. The molecule has 0 saturated carbocycles. The van der Waals surface area contributed by atoms with Crippen molar-refractivity contribution in [1.29, 1.82) is 0 Å². The SMILES string of the molecule is CCCC/C=C\C/C=C\CCCCCCCC(=O)OCC(COC(=O)CCCCCCCCCCCCCCCCCCCCCCCCCCCCCCCCCCC)OC(=O)CCCCCCCCC/C=C\CCCCCCCCC. The van der Waals surface area contributed by atoms with Crippen LogP contribution in [0.15, 0.2) is 36.5 Å². The third kappa shape index (κ3) is 70.3. The van der Waals surface area contributed by atoms with Gasteiger partial charge in [-0.2, -0.15) is 0 Å². The predicted molar refractivity (Wildman–Crippen MR) is 362 cm³/mol. The van der Waals surface area contributed by atoms with E-state index in [-0.39, 0.29) is 31.1 Å². The van der Waals surface area contributed by atoms with E-state index in [0.717, 1.165) is 77.0 Å². The minimum absolute atomic E-state index is 0.0740. The summed E-state index contributed by atoms with van der Waals surface area (Å²) >= 11 is 0. The Labute approximate surface area is 518 Å². The molecule has 0 bridgehead atoms. The van der Waals surface area contributed by atoms with E-state index in [1.165, 1.54) is 302 Å². The Morgan fingerprint density at radius 2 is 0.446 bits per heavy atom. The molecule has 0 radical (unpaired) electrons. The zero-order valence-corrected chi connectivity index (χ0v) is 56.2. The molecule has 0 amide bonds. The summed E-state index contributed by atoms with van der Waals surface area (Å²) in [4.78, 5) is 38.4. The summed E-state index contributed by atoms with van der Waals surface area (Å²) in [5.74, 6) is -0.865. The van der Waals surface area contributed by atoms with E-state index in [2.05, 4.69) is 57.2 Å². The highest BCUT2D eigenvalue weighted by Gasteiger charge is 2.20. The number of carbonyl (C=O) groups is 3. The number of ether oxygens (including phenoxy) is 3. The maximum Gasteiger partial charge on any atom is 0.306 e. The van der Waals surface area contributed by atoms with Gasteiger partial charge in [0.15, 0.2) is 6.10 Å².